The average Bonchev–Trinajstić information content (AvgIpc) is 2.82. The van der Waals surface area contributed by atoms with Gasteiger partial charge >= 0.3 is 0 Å². The molecule has 0 fully saturated rings. The summed E-state index contributed by atoms with van der Waals surface area (Å²) in [6.07, 6.45) is 12.3. The lowest BCUT2D eigenvalue weighted by Gasteiger charge is -2.06. The van der Waals surface area contributed by atoms with Crippen LogP contribution in [-0.4, -0.2) is 19.0 Å². The summed E-state index contributed by atoms with van der Waals surface area (Å²) in [5.41, 5.74) is 7.37. The van der Waals surface area contributed by atoms with Gasteiger partial charge in [-0.15, -0.1) is 0 Å². The number of hydrogen-bond acceptors (Lipinski definition) is 1. The van der Waals surface area contributed by atoms with Crippen LogP contribution in [0.3, 0.4) is 0 Å². The van der Waals surface area contributed by atoms with Crippen LogP contribution < -0.4 is 11.1 Å². The van der Waals surface area contributed by atoms with Gasteiger partial charge in [0, 0.05) is 13.1 Å². The molecule has 1 rings (SSSR count). The van der Waals surface area contributed by atoms with Crippen LogP contribution in [0.25, 0.3) is 0 Å². The molecule has 0 saturated heterocycles. The Balaban J connectivity index is 1.99. The van der Waals surface area contributed by atoms with Crippen molar-refractivity contribution in [1.82, 2.24) is 5.32 Å². The highest BCUT2D eigenvalue weighted by Crippen LogP contribution is 2.19. The molecule has 3 heteroatoms. The van der Waals surface area contributed by atoms with E-state index in [0.717, 1.165) is 25.9 Å². The fourth-order valence-electron chi connectivity index (χ4n) is 2.11. The van der Waals surface area contributed by atoms with Gasteiger partial charge in [0.25, 0.3) is 0 Å². The third kappa shape index (κ3) is 7.03. The van der Waals surface area contributed by atoms with Gasteiger partial charge < -0.3 is 11.1 Å². The maximum absolute atomic E-state index is 5.79. The van der Waals surface area contributed by atoms with Gasteiger partial charge in [-0.3, -0.25) is 4.99 Å². The van der Waals surface area contributed by atoms with E-state index >= 15 is 0 Å². The van der Waals surface area contributed by atoms with Crippen LogP contribution in [-0.2, 0) is 0 Å². The summed E-state index contributed by atoms with van der Waals surface area (Å²) >= 11 is 0. The molecule has 0 amide bonds. The zero-order chi connectivity index (χ0) is 12.3. The largest absolute Gasteiger partial charge is 0.370 e. The molecule has 0 aromatic rings. The Bertz CT molecular complexity index is 256. The van der Waals surface area contributed by atoms with Crippen molar-refractivity contribution in [1.29, 1.82) is 0 Å². The van der Waals surface area contributed by atoms with E-state index in [9.17, 15) is 0 Å². The number of nitrogens with one attached hydrogen (secondary N) is 1. The summed E-state index contributed by atoms with van der Waals surface area (Å²) in [6, 6.07) is 0. The van der Waals surface area contributed by atoms with Crippen molar-refractivity contribution in [2.75, 3.05) is 13.1 Å². The maximum Gasteiger partial charge on any atom is 0.188 e. The second-order valence-electron chi connectivity index (χ2n) is 4.76. The van der Waals surface area contributed by atoms with Crippen molar-refractivity contribution in [2.45, 2.75) is 58.3 Å². The first-order valence-electron chi connectivity index (χ1n) is 7.04. The van der Waals surface area contributed by atoms with Crippen LogP contribution in [0, 0.1) is 0 Å². The molecule has 0 radical (unpaired) electrons. The molecule has 0 aliphatic heterocycles. The van der Waals surface area contributed by atoms with Crippen LogP contribution >= 0.6 is 0 Å². The fourth-order valence-corrected chi connectivity index (χ4v) is 2.11. The second-order valence-corrected chi connectivity index (χ2v) is 4.76. The molecule has 98 valence electrons. The number of rotatable bonds is 8. The number of hydrogen-bond donors (Lipinski definition) is 2. The molecule has 0 bridgehead atoms. The molecular weight excluding hydrogens is 210 g/mol. The standard InChI is InChI=1S/C14H27N3/c1-2-3-4-7-11-16-14(15)17-12-10-13-8-5-6-9-13/h8H,2-7,9-12H2,1H3,(H3,15,16,17). The van der Waals surface area contributed by atoms with E-state index in [1.165, 1.54) is 38.5 Å². The van der Waals surface area contributed by atoms with Crippen molar-refractivity contribution in [2.24, 2.45) is 10.7 Å². The van der Waals surface area contributed by atoms with Crippen LogP contribution in [0.4, 0.5) is 0 Å². The Morgan fingerprint density at radius 2 is 2.29 bits per heavy atom. The molecular formula is C14H27N3. The van der Waals surface area contributed by atoms with E-state index in [1.807, 2.05) is 0 Å². The number of nitrogens with two attached hydrogens (primary N) is 1. The third-order valence-corrected chi connectivity index (χ3v) is 3.18. The van der Waals surface area contributed by atoms with Crippen molar-refractivity contribution < 1.29 is 0 Å². The van der Waals surface area contributed by atoms with E-state index in [1.54, 1.807) is 5.57 Å². The van der Waals surface area contributed by atoms with Gasteiger partial charge in [-0.05, 0) is 32.1 Å². The molecule has 0 atom stereocenters. The Morgan fingerprint density at radius 3 is 3.00 bits per heavy atom. The molecule has 0 spiro atoms. The van der Waals surface area contributed by atoms with Gasteiger partial charge in [0.05, 0.1) is 0 Å². The first kappa shape index (κ1) is 14.1. The van der Waals surface area contributed by atoms with Gasteiger partial charge in [-0.2, -0.15) is 0 Å². The predicted octanol–water partition coefficient (Wildman–Crippen LogP) is 2.97. The molecule has 1 aliphatic carbocycles. The van der Waals surface area contributed by atoms with Crippen molar-refractivity contribution >= 4 is 5.96 Å². The Morgan fingerprint density at radius 1 is 1.41 bits per heavy atom. The molecule has 0 aromatic heterocycles. The Labute approximate surface area is 106 Å². The highest BCUT2D eigenvalue weighted by atomic mass is 15.1. The van der Waals surface area contributed by atoms with Crippen molar-refractivity contribution in [3.8, 4) is 0 Å². The fraction of sp³-hybridized carbons (Fsp3) is 0.786. The predicted molar refractivity (Wildman–Crippen MR) is 75.2 cm³/mol. The Hall–Kier alpha value is -0.990. The first-order valence-corrected chi connectivity index (χ1v) is 7.04. The summed E-state index contributed by atoms with van der Waals surface area (Å²) in [7, 11) is 0. The lowest BCUT2D eigenvalue weighted by molar-refractivity contribution is 0.673. The monoisotopic (exact) mass is 237 g/mol. The first-order chi connectivity index (χ1) is 8.33. The summed E-state index contributed by atoms with van der Waals surface area (Å²) in [5.74, 6) is 0.611. The van der Waals surface area contributed by atoms with Gasteiger partial charge in [-0.1, -0.05) is 37.8 Å². The van der Waals surface area contributed by atoms with E-state index in [0.29, 0.717) is 5.96 Å². The molecule has 17 heavy (non-hydrogen) atoms. The maximum atomic E-state index is 5.79. The number of guanidine groups is 1. The van der Waals surface area contributed by atoms with Crippen LogP contribution in [0.1, 0.15) is 58.3 Å². The minimum atomic E-state index is 0.611. The van der Waals surface area contributed by atoms with Gasteiger partial charge in [0.2, 0.25) is 0 Å². The molecule has 0 saturated carbocycles. The lowest BCUT2D eigenvalue weighted by atomic mass is 10.2. The normalized spacial score (nSPS) is 16.1. The zero-order valence-corrected chi connectivity index (χ0v) is 11.2. The summed E-state index contributed by atoms with van der Waals surface area (Å²) in [6.45, 7) is 4.01. The molecule has 3 N–H and O–H groups in total. The summed E-state index contributed by atoms with van der Waals surface area (Å²) < 4.78 is 0. The minimum absolute atomic E-state index is 0.611. The van der Waals surface area contributed by atoms with Gasteiger partial charge in [-0.25, -0.2) is 0 Å². The summed E-state index contributed by atoms with van der Waals surface area (Å²) in [5, 5.41) is 3.19. The van der Waals surface area contributed by atoms with Gasteiger partial charge in [0.1, 0.15) is 0 Å². The second kappa shape index (κ2) is 9.08. The zero-order valence-electron chi connectivity index (χ0n) is 11.2. The highest BCUT2D eigenvalue weighted by Gasteiger charge is 2.03. The molecule has 0 aromatic carbocycles. The molecule has 3 nitrogen and oxygen atoms in total. The van der Waals surface area contributed by atoms with Crippen LogP contribution in [0.5, 0.6) is 0 Å². The van der Waals surface area contributed by atoms with Crippen molar-refractivity contribution in [3.63, 3.8) is 0 Å². The van der Waals surface area contributed by atoms with E-state index in [-0.39, 0.29) is 0 Å². The van der Waals surface area contributed by atoms with E-state index in [4.69, 9.17) is 5.73 Å². The average molecular weight is 237 g/mol. The molecule has 0 heterocycles. The molecule has 1 aliphatic rings. The molecule has 0 unspecified atom stereocenters. The number of aliphatic imine (C=N–C) groups is 1. The highest BCUT2D eigenvalue weighted by molar-refractivity contribution is 5.77. The number of unbranched alkanes of at least 4 members (excludes halogenated alkanes) is 3. The third-order valence-electron chi connectivity index (χ3n) is 3.18. The lowest BCUT2D eigenvalue weighted by Crippen LogP contribution is -2.32. The SMILES string of the molecule is CCCCCCN=C(N)NCCC1=CCCC1. The number of nitrogens with zero attached hydrogens (tertiary/aromatic N) is 1. The van der Waals surface area contributed by atoms with E-state index in [2.05, 4.69) is 23.3 Å². The van der Waals surface area contributed by atoms with Gasteiger partial charge in [0.15, 0.2) is 5.96 Å². The topological polar surface area (TPSA) is 50.4 Å². The van der Waals surface area contributed by atoms with Crippen molar-refractivity contribution in [3.05, 3.63) is 11.6 Å². The van der Waals surface area contributed by atoms with Crippen LogP contribution in [0.15, 0.2) is 16.6 Å². The Kier molecular flexibility index (Phi) is 7.52. The van der Waals surface area contributed by atoms with Crippen LogP contribution in [0.2, 0.25) is 0 Å². The quantitative estimate of drug-likeness (QED) is 0.295. The summed E-state index contributed by atoms with van der Waals surface area (Å²) in [4.78, 5) is 4.32. The number of allylic oxidation sites excluding steroid dienone is 1. The van der Waals surface area contributed by atoms with E-state index < -0.39 is 0 Å². The smallest absolute Gasteiger partial charge is 0.188 e. The minimum Gasteiger partial charge on any atom is -0.370 e.